The molecule has 0 aromatic heterocycles. The third kappa shape index (κ3) is 7.53. The molecule has 0 fully saturated rings. The van der Waals surface area contributed by atoms with Crippen LogP contribution in [0.1, 0.15) is 53.9 Å². The molecule has 4 heteroatoms. The Labute approximate surface area is 118 Å². The molecular formula is C15H32N2O2. The summed E-state index contributed by atoms with van der Waals surface area (Å²) >= 11 is 0. The lowest BCUT2D eigenvalue weighted by Crippen LogP contribution is -2.44. The second-order valence-electron chi connectivity index (χ2n) is 5.37. The maximum absolute atomic E-state index is 11.9. The third-order valence-corrected chi connectivity index (χ3v) is 3.44. The molecular weight excluding hydrogens is 240 g/mol. The lowest BCUT2D eigenvalue weighted by atomic mass is 10.1. The van der Waals surface area contributed by atoms with Crippen LogP contribution < -0.4 is 5.32 Å². The van der Waals surface area contributed by atoms with Crippen molar-refractivity contribution in [3.8, 4) is 0 Å². The SMILES string of the molecule is CCOC(=O)C(CCN(C)C(CC)CC)NC(C)C. The topological polar surface area (TPSA) is 41.6 Å². The fourth-order valence-electron chi connectivity index (χ4n) is 2.34. The van der Waals surface area contributed by atoms with Gasteiger partial charge in [-0.3, -0.25) is 4.79 Å². The normalized spacial score (nSPS) is 13.3. The highest BCUT2D eigenvalue weighted by molar-refractivity contribution is 5.75. The Morgan fingerprint density at radius 2 is 1.79 bits per heavy atom. The van der Waals surface area contributed by atoms with Gasteiger partial charge in [-0.05, 0) is 33.2 Å². The molecule has 0 aliphatic heterocycles. The molecule has 4 nitrogen and oxygen atoms in total. The quantitative estimate of drug-likeness (QED) is 0.620. The first-order valence-electron chi connectivity index (χ1n) is 7.59. The molecule has 0 saturated carbocycles. The van der Waals surface area contributed by atoms with Crippen molar-refractivity contribution in [2.45, 2.75) is 72.0 Å². The van der Waals surface area contributed by atoms with Crippen LogP contribution in [0.4, 0.5) is 0 Å². The van der Waals surface area contributed by atoms with Crippen molar-refractivity contribution in [3.05, 3.63) is 0 Å². The van der Waals surface area contributed by atoms with Gasteiger partial charge in [0.2, 0.25) is 0 Å². The highest BCUT2D eigenvalue weighted by Crippen LogP contribution is 2.08. The standard InChI is InChI=1S/C15H32N2O2/c1-7-13(8-2)17(6)11-10-14(16-12(4)5)15(18)19-9-3/h12-14,16H,7-11H2,1-6H3. The Kier molecular flexibility index (Phi) is 9.88. The summed E-state index contributed by atoms with van der Waals surface area (Å²) in [5.41, 5.74) is 0. The van der Waals surface area contributed by atoms with Gasteiger partial charge in [0.15, 0.2) is 0 Å². The number of carbonyl (C=O) groups is 1. The zero-order valence-corrected chi connectivity index (χ0v) is 13.5. The molecule has 1 N–H and O–H groups in total. The van der Waals surface area contributed by atoms with Gasteiger partial charge in [-0.2, -0.15) is 0 Å². The number of hydrogen-bond donors (Lipinski definition) is 1. The summed E-state index contributed by atoms with van der Waals surface area (Å²) in [6.07, 6.45) is 3.09. The van der Waals surface area contributed by atoms with E-state index < -0.39 is 0 Å². The van der Waals surface area contributed by atoms with Crippen LogP contribution >= 0.6 is 0 Å². The van der Waals surface area contributed by atoms with Crippen molar-refractivity contribution < 1.29 is 9.53 Å². The van der Waals surface area contributed by atoms with Crippen molar-refractivity contribution in [2.75, 3.05) is 20.2 Å². The molecule has 0 heterocycles. The number of nitrogens with zero attached hydrogens (tertiary/aromatic N) is 1. The van der Waals surface area contributed by atoms with Crippen LogP contribution in [-0.2, 0) is 9.53 Å². The first-order chi connectivity index (χ1) is 8.96. The Hall–Kier alpha value is -0.610. The lowest BCUT2D eigenvalue weighted by molar-refractivity contribution is -0.146. The van der Waals surface area contributed by atoms with Gasteiger partial charge in [0.05, 0.1) is 6.61 Å². The maximum atomic E-state index is 11.9. The zero-order chi connectivity index (χ0) is 14.8. The molecule has 1 atom stereocenters. The van der Waals surface area contributed by atoms with Crippen molar-refractivity contribution in [2.24, 2.45) is 0 Å². The summed E-state index contributed by atoms with van der Waals surface area (Å²) in [6, 6.07) is 0.687. The predicted molar refractivity (Wildman–Crippen MR) is 80.3 cm³/mol. The molecule has 0 spiro atoms. The smallest absolute Gasteiger partial charge is 0.323 e. The van der Waals surface area contributed by atoms with Crippen LogP contribution in [0.15, 0.2) is 0 Å². The third-order valence-electron chi connectivity index (χ3n) is 3.44. The highest BCUT2D eigenvalue weighted by Gasteiger charge is 2.21. The van der Waals surface area contributed by atoms with Gasteiger partial charge >= 0.3 is 5.97 Å². The van der Waals surface area contributed by atoms with Gasteiger partial charge < -0.3 is 15.0 Å². The summed E-state index contributed by atoms with van der Waals surface area (Å²) in [5.74, 6) is -0.130. The summed E-state index contributed by atoms with van der Waals surface area (Å²) in [5, 5.41) is 3.29. The molecule has 0 aliphatic carbocycles. The van der Waals surface area contributed by atoms with E-state index in [0.717, 1.165) is 25.8 Å². The summed E-state index contributed by atoms with van der Waals surface area (Å²) < 4.78 is 5.13. The maximum Gasteiger partial charge on any atom is 0.323 e. The average molecular weight is 272 g/mol. The van der Waals surface area contributed by atoms with E-state index in [1.807, 2.05) is 6.92 Å². The van der Waals surface area contributed by atoms with Crippen LogP contribution in [0, 0.1) is 0 Å². The summed E-state index contributed by atoms with van der Waals surface area (Å²) in [4.78, 5) is 14.2. The Balaban J connectivity index is 4.35. The summed E-state index contributed by atoms with van der Waals surface area (Å²) in [6.45, 7) is 11.7. The van der Waals surface area contributed by atoms with E-state index in [0.29, 0.717) is 12.6 Å². The fourth-order valence-corrected chi connectivity index (χ4v) is 2.34. The molecule has 0 aliphatic rings. The largest absolute Gasteiger partial charge is 0.465 e. The molecule has 0 amide bonds. The highest BCUT2D eigenvalue weighted by atomic mass is 16.5. The Morgan fingerprint density at radius 3 is 2.21 bits per heavy atom. The van der Waals surface area contributed by atoms with Crippen LogP contribution in [0.25, 0.3) is 0 Å². The minimum Gasteiger partial charge on any atom is -0.465 e. The predicted octanol–water partition coefficient (Wildman–Crippen LogP) is 2.43. The molecule has 0 radical (unpaired) electrons. The van der Waals surface area contributed by atoms with E-state index in [1.165, 1.54) is 0 Å². The molecule has 0 saturated heterocycles. The van der Waals surface area contributed by atoms with E-state index in [2.05, 4.69) is 45.0 Å². The van der Waals surface area contributed by atoms with E-state index in [9.17, 15) is 4.79 Å². The van der Waals surface area contributed by atoms with E-state index >= 15 is 0 Å². The number of esters is 1. The van der Waals surface area contributed by atoms with Crippen LogP contribution in [-0.4, -0.2) is 49.2 Å². The first kappa shape index (κ1) is 18.4. The van der Waals surface area contributed by atoms with Gasteiger partial charge in [0.25, 0.3) is 0 Å². The number of carbonyl (C=O) groups excluding carboxylic acids is 1. The van der Waals surface area contributed by atoms with Gasteiger partial charge in [0.1, 0.15) is 6.04 Å². The molecule has 0 bridgehead atoms. The minimum absolute atomic E-state index is 0.130. The molecule has 0 aromatic rings. The van der Waals surface area contributed by atoms with Crippen LogP contribution in [0.5, 0.6) is 0 Å². The average Bonchev–Trinajstić information content (AvgIpc) is 2.35. The Bertz CT molecular complexity index is 240. The molecule has 0 aromatic carbocycles. The Morgan fingerprint density at radius 1 is 1.21 bits per heavy atom. The molecule has 114 valence electrons. The molecule has 1 unspecified atom stereocenters. The number of nitrogens with one attached hydrogen (secondary N) is 1. The number of hydrogen-bond acceptors (Lipinski definition) is 4. The fraction of sp³-hybridized carbons (Fsp3) is 0.933. The zero-order valence-electron chi connectivity index (χ0n) is 13.5. The van der Waals surface area contributed by atoms with Crippen LogP contribution in [0.2, 0.25) is 0 Å². The van der Waals surface area contributed by atoms with Gasteiger partial charge in [-0.15, -0.1) is 0 Å². The second kappa shape index (κ2) is 10.2. The number of ether oxygens (including phenoxy) is 1. The lowest BCUT2D eigenvalue weighted by Gasteiger charge is -2.28. The summed E-state index contributed by atoms with van der Waals surface area (Å²) in [7, 11) is 2.13. The van der Waals surface area contributed by atoms with Crippen molar-refractivity contribution >= 4 is 5.97 Å². The minimum atomic E-state index is -0.197. The van der Waals surface area contributed by atoms with Crippen molar-refractivity contribution in [1.29, 1.82) is 0 Å². The molecule has 0 rings (SSSR count). The monoisotopic (exact) mass is 272 g/mol. The van der Waals surface area contributed by atoms with Gasteiger partial charge in [-0.25, -0.2) is 0 Å². The van der Waals surface area contributed by atoms with Gasteiger partial charge in [0, 0.05) is 18.6 Å². The van der Waals surface area contributed by atoms with E-state index in [4.69, 9.17) is 4.74 Å². The van der Waals surface area contributed by atoms with E-state index in [1.54, 1.807) is 0 Å². The second-order valence-corrected chi connectivity index (χ2v) is 5.37. The van der Waals surface area contributed by atoms with Crippen LogP contribution in [0.3, 0.4) is 0 Å². The van der Waals surface area contributed by atoms with Crippen molar-refractivity contribution in [1.82, 2.24) is 10.2 Å². The van der Waals surface area contributed by atoms with E-state index in [-0.39, 0.29) is 18.1 Å². The molecule has 19 heavy (non-hydrogen) atoms. The first-order valence-corrected chi connectivity index (χ1v) is 7.59. The van der Waals surface area contributed by atoms with Crippen molar-refractivity contribution in [3.63, 3.8) is 0 Å². The van der Waals surface area contributed by atoms with Gasteiger partial charge in [-0.1, -0.05) is 27.7 Å². The number of rotatable bonds is 10.